The number of rotatable bonds is 4. The molecule has 24 heavy (non-hydrogen) atoms. The molecule has 0 bridgehead atoms. The molecule has 126 valence electrons. The fraction of sp³-hybridized carbons (Fsp3) is 0.421. The van der Waals surface area contributed by atoms with E-state index in [4.69, 9.17) is 0 Å². The zero-order valence-corrected chi connectivity index (χ0v) is 14.1. The van der Waals surface area contributed by atoms with Gasteiger partial charge in [0.25, 0.3) is 5.91 Å². The predicted octanol–water partition coefficient (Wildman–Crippen LogP) is 2.28. The summed E-state index contributed by atoms with van der Waals surface area (Å²) in [6.45, 7) is 5.14. The zero-order valence-electron chi connectivity index (χ0n) is 14.1. The molecule has 2 aromatic rings. The van der Waals surface area contributed by atoms with Crippen molar-refractivity contribution in [2.75, 3.05) is 13.1 Å². The summed E-state index contributed by atoms with van der Waals surface area (Å²) in [7, 11) is 0. The number of aliphatic hydroxyl groups excluding tert-OH is 1. The fourth-order valence-corrected chi connectivity index (χ4v) is 3.14. The van der Waals surface area contributed by atoms with Crippen LogP contribution in [0.15, 0.2) is 42.9 Å². The largest absolute Gasteiger partial charge is 0.391 e. The van der Waals surface area contributed by atoms with Gasteiger partial charge in [-0.1, -0.05) is 26.0 Å². The first-order chi connectivity index (χ1) is 11.5. The van der Waals surface area contributed by atoms with Crippen LogP contribution in [0, 0.1) is 5.92 Å². The van der Waals surface area contributed by atoms with Gasteiger partial charge in [-0.3, -0.25) is 14.8 Å². The molecule has 0 aliphatic carbocycles. The number of aliphatic hydroxyl groups is 1. The van der Waals surface area contributed by atoms with Gasteiger partial charge < -0.3 is 10.0 Å². The molecule has 1 aromatic carbocycles. The van der Waals surface area contributed by atoms with Gasteiger partial charge in [-0.15, -0.1) is 0 Å². The molecule has 5 nitrogen and oxygen atoms in total. The van der Waals surface area contributed by atoms with Crippen molar-refractivity contribution in [2.24, 2.45) is 5.92 Å². The Hall–Kier alpha value is -2.27. The van der Waals surface area contributed by atoms with Crippen LogP contribution in [0.4, 0.5) is 0 Å². The summed E-state index contributed by atoms with van der Waals surface area (Å²) in [5, 5.41) is 10.3. The lowest BCUT2D eigenvalue weighted by molar-refractivity contribution is 0.0764. The summed E-state index contributed by atoms with van der Waals surface area (Å²) in [5.41, 5.74) is 2.68. The smallest absolute Gasteiger partial charge is 0.253 e. The van der Waals surface area contributed by atoms with Crippen molar-refractivity contribution < 1.29 is 9.90 Å². The Kier molecular flexibility index (Phi) is 4.90. The van der Waals surface area contributed by atoms with Gasteiger partial charge in [0.1, 0.15) is 0 Å². The third kappa shape index (κ3) is 3.62. The molecule has 1 saturated heterocycles. The average Bonchev–Trinajstić information content (AvgIpc) is 2.96. The number of hydrogen-bond acceptors (Lipinski definition) is 4. The van der Waals surface area contributed by atoms with Gasteiger partial charge in [0.2, 0.25) is 0 Å². The van der Waals surface area contributed by atoms with E-state index in [1.54, 1.807) is 23.5 Å². The molecule has 0 spiro atoms. The van der Waals surface area contributed by atoms with E-state index >= 15 is 0 Å². The van der Waals surface area contributed by atoms with Crippen molar-refractivity contribution in [3.8, 4) is 0 Å². The van der Waals surface area contributed by atoms with Gasteiger partial charge in [-0.25, -0.2) is 0 Å². The van der Waals surface area contributed by atoms with Gasteiger partial charge in [0.15, 0.2) is 0 Å². The molecular formula is C19H23N3O2. The molecule has 0 saturated carbocycles. The highest BCUT2D eigenvalue weighted by Crippen LogP contribution is 2.23. The first kappa shape index (κ1) is 16.6. The van der Waals surface area contributed by atoms with Crippen molar-refractivity contribution >= 4 is 5.91 Å². The minimum Gasteiger partial charge on any atom is -0.391 e. The van der Waals surface area contributed by atoms with Gasteiger partial charge >= 0.3 is 0 Å². The normalized spacial score (nSPS) is 20.6. The van der Waals surface area contributed by atoms with Crippen molar-refractivity contribution in [2.45, 2.75) is 32.3 Å². The second-order valence-corrected chi connectivity index (χ2v) is 6.72. The monoisotopic (exact) mass is 325 g/mol. The van der Waals surface area contributed by atoms with Crippen LogP contribution < -0.4 is 0 Å². The summed E-state index contributed by atoms with van der Waals surface area (Å²) < 4.78 is 0. The number of benzene rings is 1. The van der Waals surface area contributed by atoms with Gasteiger partial charge in [-0.05, 0) is 30.0 Å². The fourth-order valence-electron chi connectivity index (χ4n) is 3.14. The second kappa shape index (κ2) is 7.09. The molecule has 1 amide bonds. The summed E-state index contributed by atoms with van der Waals surface area (Å²) in [6, 6.07) is 7.76. The molecule has 1 N–H and O–H groups in total. The maximum Gasteiger partial charge on any atom is 0.253 e. The Morgan fingerprint density at radius 2 is 2.17 bits per heavy atom. The molecule has 0 radical (unpaired) electrons. The Morgan fingerprint density at radius 1 is 1.33 bits per heavy atom. The van der Waals surface area contributed by atoms with Crippen LogP contribution in [0.2, 0.25) is 0 Å². The third-order valence-electron chi connectivity index (χ3n) is 4.58. The molecule has 3 rings (SSSR count). The van der Waals surface area contributed by atoms with Crippen LogP contribution in [0.3, 0.4) is 0 Å². The van der Waals surface area contributed by atoms with E-state index in [1.807, 2.05) is 24.3 Å². The Morgan fingerprint density at radius 3 is 2.88 bits per heavy atom. The highest BCUT2D eigenvalue weighted by atomic mass is 16.3. The maximum absolute atomic E-state index is 12.8. The number of amides is 1. The molecule has 1 fully saturated rings. The number of carbonyl (C=O) groups excluding carboxylic acids is 1. The molecule has 2 atom stereocenters. The minimum atomic E-state index is -0.524. The van der Waals surface area contributed by atoms with E-state index in [-0.39, 0.29) is 11.8 Å². The number of carbonyl (C=O) groups is 1. The minimum absolute atomic E-state index is 0.000989. The van der Waals surface area contributed by atoms with Gasteiger partial charge in [0, 0.05) is 43.2 Å². The SMILES string of the molecule is CC(C)c1cccc(C(=O)N2C[C@@H](Cc3cnccn3)[C@H](O)C2)c1. The van der Waals surface area contributed by atoms with E-state index in [9.17, 15) is 9.90 Å². The quantitative estimate of drug-likeness (QED) is 0.936. The lowest BCUT2D eigenvalue weighted by Crippen LogP contribution is -2.29. The number of likely N-dealkylation sites (tertiary alicyclic amines) is 1. The number of nitrogens with zero attached hydrogens (tertiary/aromatic N) is 3. The first-order valence-corrected chi connectivity index (χ1v) is 8.36. The van der Waals surface area contributed by atoms with Crippen molar-refractivity contribution in [1.82, 2.24) is 14.9 Å². The zero-order chi connectivity index (χ0) is 17.1. The summed E-state index contributed by atoms with van der Waals surface area (Å²) in [5.74, 6) is 0.364. The standard InChI is InChI=1S/C19H23N3O2/c1-13(2)14-4-3-5-15(8-14)19(24)22-11-16(18(23)12-22)9-17-10-20-6-7-21-17/h3-8,10,13,16,18,23H,9,11-12H2,1-2H3/t16-,18-/m1/s1. The lowest BCUT2D eigenvalue weighted by Gasteiger charge is -2.17. The maximum atomic E-state index is 12.8. The summed E-state index contributed by atoms with van der Waals surface area (Å²) >= 11 is 0. The molecule has 5 heteroatoms. The van der Waals surface area contributed by atoms with Gasteiger partial charge in [-0.2, -0.15) is 0 Å². The Labute approximate surface area is 142 Å². The van der Waals surface area contributed by atoms with Crippen LogP contribution in [0.1, 0.15) is 41.4 Å². The second-order valence-electron chi connectivity index (χ2n) is 6.72. The number of β-amino-alcohol motifs (C(OH)–C–C–N with tert-alkyl or cyclic N) is 1. The van der Waals surface area contributed by atoms with Gasteiger partial charge in [0.05, 0.1) is 11.8 Å². The van der Waals surface area contributed by atoms with Crippen molar-refractivity contribution in [1.29, 1.82) is 0 Å². The van der Waals surface area contributed by atoms with E-state index in [1.165, 1.54) is 0 Å². The van der Waals surface area contributed by atoms with Crippen molar-refractivity contribution in [3.63, 3.8) is 0 Å². The number of aromatic nitrogens is 2. The number of hydrogen-bond donors (Lipinski definition) is 1. The van der Waals surface area contributed by atoms with E-state index in [2.05, 4.69) is 23.8 Å². The highest BCUT2D eigenvalue weighted by molar-refractivity contribution is 5.94. The molecule has 1 aromatic heterocycles. The topological polar surface area (TPSA) is 66.3 Å². The Bertz CT molecular complexity index is 703. The molecule has 1 aliphatic rings. The molecule has 2 heterocycles. The van der Waals surface area contributed by atoms with Crippen LogP contribution in [0.5, 0.6) is 0 Å². The van der Waals surface area contributed by atoms with E-state index in [0.717, 1.165) is 11.3 Å². The average molecular weight is 325 g/mol. The molecule has 0 unspecified atom stereocenters. The summed E-state index contributed by atoms with van der Waals surface area (Å²) in [6.07, 6.45) is 5.10. The Balaban J connectivity index is 1.70. The lowest BCUT2D eigenvalue weighted by atomic mass is 10.00. The van der Waals surface area contributed by atoms with E-state index < -0.39 is 6.10 Å². The molecule has 1 aliphatic heterocycles. The first-order valence-electron chi connectivity index (χ1n) is 8.36. The van der Waals surface area contributed by atoms with Crippen LogP contribution in [-0.4, -0.2) is 45.1 Å². The summed E-state index contributed by atoms with van der Waals surface area (Å²) in [4.78, 5) is 22.8. The van der Waals surface area contributed by atoms with Crippen LogP contribution >= 0.6 is 0 Å². The predicted molar refractivity (Wildman–Crippen MR) is 91.7 cm³/mol. The third-order valence-corrected chi connectivity index (χ3v) is 4.58. The van der Waals surface area contributed by atoms with E-state index in [0.29, 0.717) is 31.0 Å². The van der Waals surface area contributed by atoms with Crippen LogP contribution in [-0.2, 0) is 6.42 Å². The molecular weight excluding hydrogens is 302 g/mol. The van der Waals surface area contributed by atoms with Crippen molar-refractivity contribution in [3.05, 3.63) is 59.7 Å². The van der Waals surface area contributed by atoms with Crippen LogP contribution in [0.25, 0.3) is 0 Å². The highest BCUT2D eigenvalue weighted by Gasteiger charge is 2.34.